The molecule has 0 aliphatic carbocycles. The summed E-state index contributed by atoms with van der Waals surface area (Å²) < 4.78 is 5.13. The Morgan fingerprint density at radius 2 is 0.412 bits per heavy atom. The molecule has 0 fully saturated rings. The van der Waals surface area contributed by atoms with Crippen molar-refractivity contribution >= 4 is 18.4 Å². The zero-order valence-electron chi connectivity index (χ0n) is 37.4. The van der Waals surface area contributed by atoms with E-state index in [2.05, 4.69) is 44.9 Å². The van der Waals surface area contributed by atoms with Gasteiger partial charge in [-0.3, -0.25) is 0 Å². The van der Waals surface area contributed by atoms with Gasteiger partial charge in [0.05, 0.1) is 0 Å². The van der Waals surface area contributed by atoms with E-state index in [-0.39, 0.29) is 0 Å². The van der Waals surface area contributed by atoms with Gasteiger partial charge >= 0.3 is 250 Å². The van der Waals surface area contributed by atoms with Gasteiger partial charge in [0.25, 0.3) is 0 Å². The molecule has 0 aliphatic heterocycles. The van der Waals surface area contributed by atoms with Crippen LogP contribution in [0.25, 0.3) is 0 Å². The fraction of sp³-hybridized carbons (Fsp3) is 1.00. The van der Waals surface area contributed by atoms with Crippen molar-refractivity contribution in [3.8, 4) is 0 Å². The fourth-order valence-electron chi connectivity index (χ4n) is 7.97. The first kappa shape index (κ1) is 53.9. The molecule has 0 aromatic heterocycles. The minimum Gasteiger partial charge on any atom is -0.317 e. The molecule has 0 saturated carbocycles. The summed E-state index contributed by atoms with van der Waals surface area (Å²) in [7, 11) is 0. The van der Waals surface area contributed by atoms with Gasteiger partial charge < -0.3 is 5.32 Å². The van der Waals surface area contributed by atoms with Gasteiger partial charge in [-0.25, -0.2) is 0 Å². The molecular formula is C49H105NSn. The molecule has 0 unspecified atom stereocenters. The molecule has 310 valence electrons. The topological polar surface area (TPSA) is 12.0 Å². The molecule has 0 atom stereocenters. The smallest absolute Gasteiger partial charge is 0.317 e. The standard InChI is InChI=1S/C12H27N.3C12H25.CH3.Sn/c1-3-5-7-9-11-13-12-10-8-6-4-2;3*1-3-5-7-9-11-12-10-8-6-4-2;;/h13H,3-12H2,1-2H3;3*1,3-12H2,2H3;1H3;. The number of hydrogen-bond acceptors (Lipinski definition) is 1. The van der Waals surface area contributed by atoms with Crippen molar-refractivity contribution in [1.82, 2.24) is 5.32 Å². The third-order valence-corrected chi connectivity index (χ3v) is 25.2. The molecular weight excluding hydrogens is 721 g/mol. The monoisotopic (exact) mass is 828 g/mol. The summed E-state index contributed by atoms with van der Waals surface area (Å²) in [5, 5.41) is 3.50. The Morgan fingerprint density at radius 1 is 0.235 bits per heavy atom. The summed E-state index contributed by atoms with van der Waals surface area (Å²) in [4.78, 5) is 2.88. The molecule has 0 aromatic rings. The number of hydrogen-bond donors (Lipinski definition) is 1. The van der Waals surface area contributed by atoms with E-state index >= 15 is 0 Å². The molecule has 0 rings (SSSR count). The number of rotatable bonds is 43. The molecule has 1 nitrogen and oxygen atoms in total. The van der Waals surface area contributed by atoms with Gasteiger partial charge in [-0.15, -0.1) is 0 Å². The average molecular weight is 827 g/mol. The second-order valence-electron chi connectivity index (χ2n) is 17.5. The van der Waals surface area contributed by atoms with Crippen LogP contribution in [-0.4, -0.2) is 31.5 Å². The Labute approximate surface area is 331 Å². The van der Waals surface area contributed by atoms with E-state index in [1.54, 1.807) is 32.6 Å². The first-order valence-corrected chi connectivity index (χ1v) is 33.7. The predicted molar refractivity (Wildman–Crippen MR) is 243 cm³/mol. The summed E-state index contributed by atoms with van der Waals surface area (Å²) in [5.41, 5.74) is 0. The minimum atomic E-state index is -1.86. The van der Waals surface area contributed by atoms with Crippen molar-refractivity contribution in [2.45, 2.75) is 297 Å². The van der Waals surface area contributed by atoms with E-state index in [0.29, 0.717) is 0 Å². The van der Waals surface area contributed by atoms with Crippen LogP contribution in [-0.2, 0) is 0 Å². The van der Waals surface area contributed by atoms with Crippen LogP contribution in [0, 0.1) is 0 Å². The predicted octanol–water partition coefficient (Wildman–Crippen LogP) is 18.6. The van der Waals surface area contributed by atoms with Crippen molar-refractivity contribution in [1.29, 1.82) is 0 Å². The minimum absolute atomic E-state index is 1.23. The van der Waals surface area contributed by atoms with Gasteiger partial charge in [0.2, 0.25) is 0 Å². The van der Waals surface area contributed by atoms with Crippen LogP contribution in [0.1, 0.15) is 279 Å². The van der Waals surface area contributed by atoms with Crippen molar-refractivity contribution in [2.75, 3.05) is 13.1 Å². The van der Waals surface area contributed by atoms with E-state index in [9.17, 15) is 0 Å². The number of nitrogens with one attached hydrogen (secondary N) is 1. The van der Waals surface area contributed by atoms with E-state index in [4.69, 9.17) is 0 Å². The Bertz CT molecular complexity index is 507. The maximum absolute atomic E-state index is 3.50. The summed E-state index contributed by atoms with van der Waals surface area (Å²) in [6.07, 6.45) is 55.8. The Balaban J connectivity index is 0. The molecule has 2 heteroatoms. The normalized spacial score (nSPS) is 11.6. The summed E-state index contributed by atoms with van der Waals surface area (Å²) in [6.45, 7) is 14.0. The first-order chi connectivity index (χ1) is 25.1. The zero-order chi connectivity index (χ0) is 37.6. The van der Waals surface area contributed by atoms with Crippen LogP contribution in [0.2, 0.25) is 18.2 Å². The van der Waals surface area contributed by atoms with E-state index in [1.165, 1.54) is 238 Å². The van der Waals surface area contributed by atoms with Gasteiger partial charge in [0.1, 0.15) is 0 Å². The molecule has 51 heavy (non-hydrogen) atoms. The molecule has 0 heterocycles. The van der Waals surface area contributed by atoms with E-state index in [0.717, 1.165) is 0 Å². The average Bonchev–Trinajstić information content (AvgIpc) is 3.13. The summed E-state index contributed by atoms with van der Waals surface area (Å²) in [5.74, 6) is 0. The fourth-order valence-corrected chi connectivity index (χ4v) is 19.6. The molecule has 0 bridgehead atoms. The molecule has 0 aliphatic rings. The zero-order valence-corrected chi connectivity index (χ0v) is 40.3. The second-order valence-corrected chi connectivity index (χ2v) is 32.1. The SMILES string of the molecule is CCCCCCCCCCC[CH2][Sn]([CH3])([CH2]CCCCCCCCCCC)[CH2]CCCCCCCCCCC.CCCCCCNCCCCCC. The van der Waals surface area contributed by atoms with Crippen LogP contribution in [0.15, 0.2) is 0 Å². The van der Waals surface area contributed by atoms with Gasteiger partial charge in [-0.2, -0.15) is 0 Å². The van der Waals surface area contributed by atoms with Crippen LogP contribution in [0.5, 0.6) is 0 Å². The van der Waals surface area contributed by atoms with E-state index < -0.39 is 18.4 Å². The summed E-state index contributed by atoms with van der Waals surface area (Å²) in [6, 6.07) is 0. The second kappa shape index (κ2) is 48.8. The molecule has 0 aromatic carbocycles. The first-order valence-electron chi connectivity index (χ1n) is 24.8. The van der Waals surface area contributed by atoms with E-state index in [1.807, 2.05) is 0 Å². The quantitative estimate of drug-likeness (QED) is 0.0477. The molecule has 0 amide bonds. The third-order valence-electron chi connectivity index (χ3n) is 11.8. The van der Waals surface area contributed by atoms with Gasteiger partial charge in [0, 0.05) is 0 Å². The molecule has 0 spiro atoms. The van der Waals surface area contributed by atoms with Crippen molar-refractivity contribution in [3.05, 3.63) is 0 Å². The molecule has 0 radical (unpaired) electrons. The van der Waals surface area contributed by atoms with Gasteiger partial charge in [-0.1, -0.05) is 52.4 Å². The molecule has 1 N–H and O–H groups in total. The van der Waals surface area contributed by atoms with Gasteiger partial charge in [-0.05, 0) is 25.9 Å². The Morgan fingerprint density at radius 3 is 0.627 bits per heavy atom. The maximum atomic E-state index is 3.50. The Kier molecular flexibility index (Phi) is 51.5. The molecule has 0 saturated heterocycles. The Hall–Kier alpha value is 0.759. The van der Waals surface area contributed by atoms with Crippen molar-refractivity contribution in [3.63, 3.8) is 0 Å². The van der Waals surface area contributed by atoms with Crippen LogP contribution < -0.4 is 5.32 Å². The third kappa shape index (κ3) is 48.7. The van der Waals surface area contributed by atoms with Crippen LogP contribution >= 0.6 is 0 Å². The van der Waals surface area contributed by atoms with Gasteiger partial charge in [0.15, 0.2) is 0 Å². The van der Waals surface area contributed by atoms with Crippen LogP contribution in [0.3, 0.4) is 0 Å². The summed E-state index contributed by atoms with van der Waals surface area (Å²) >= 11 is -1.86. The number of unbranched alkanes of at least 4 members (excludes halogenated alkanes) is 33. The van der Waals surface area contributed by atoms with Crippen molar-refractivity contribution < 1.29 is 0 Å². The van der Waals surface area contributed by atoms with Crippen molar-refractivity contribution in [2.24, 2.45) is 0 Å². The van der Waals surface area contributed by atoms with Crippen LogP contribution in [0.4, 0.5) is 0 Å².